The third-order valence-electron chi connectivity index (χ3n) is 3.56. The van der Waals surface area contributed by atoms with E-state index in [2.05, 4.69) is 15.5 Å². The Morgan fingerprint density at radius 2 is 1.87 bits per heavy atom. The zero-order valence-electron chi connectivity index (χ0n) is 13.0. The van der Waals surface area contributed by atoms with Gasteiger partial charge in [0.25, 0.3) is 11.8 Å². The number of carbonyl (C=O) groups is 1. The number of amides is 1. The second-order valence-corrected chi connectivity index (χ2v) is 5.22. The van der Waals surface area contributed by atoms with E-state index < -0.39 is 0 Å². The van der Waals surface area contributed by atoms with Gasteiger partial charge < -0.3 is 9.84 Å². The summed E-state index contributed by atoms with van der Waals surface area (Å²) < 4.78 is 5.20. The fourth-order valence-electron chi connectivity index (χ4n) is 2.24. The summed E-state index contributed by atoms with van der Waals surface area (Å²) in [6, 6.07) is 14.8. The molecule has 5 nitrogen and oxygen atoms in total. The highest BCUT2D eigenvalue weighted by Crippen LogP contribution is 2.20. The van der Waals surface area contributed by atoms with Crippen LogP contribution in [0, 0.1) is 6.92 Å². The highest BCUT2D eigenvalue weighted by Gasteiger charge is 2.10. The van der Waals surface area contributed by atoms with Crippen molar-refractivity contribution in [1.29, 1.82) is 0 Å². The summed E-state index contributed by atoms with van der Waals surface area (Å²) >= 11 is 0. The predicted molar refractivity (Wildman–Crippen MR) is 88.2 cm³/mol. The lowest BCUT2D eigenvalue weighted by Crippen LogP contribution is -2.13. The molecule has 0 fully saturated rings. The molecule has 0 atom stereocenters. The van der Waals surface area contributed by atoms with Gasteiger partial charge in [0.05, 0.1) is 0 Å². The Balaban J connectivity index is 1.75. The lowest BCUT2D eigenvalue weighted by molar-refractivity contribution is 0.102. The van der Waals surface area contributed by atoms with Crippen molar-refractivity contribution in [3.8, 4) is 11.5 Å². The molecule has 1 heterocycles. The third-order valence-corrected chi connectivity index (χ3v) is 3.56. The summed E-state index contributed by atoms with van der Waals surface area (Å²) in [5.41, 5.74) is 3.16. The van der Waals surface area contributed by atoms with E-state index in [4.69, 9.17) is 4.52 Å². The van der Waals surface area contributed by atoms with Crippen molar-refractivity contribution >= 4 is 11.6 Å². The number of carbonyl (C=O) groups excluding carboxylic acids is 1. The molecular formula is C18H17N3O2. The highest BCUT2D eigenvalue weighted by molar-refractivity contribution is 6.05. The Kier molecular flexibility index (Phi) is 4.19. The van der Waals surface area contributed by atoms with Gasteiger partial charge in [0.2, 0.25) is 0 Å². The zero-order valence-corrected chi connectivity index (χ0v) is 13.0. The molecule has 0 saturated heterocycles. The number of aryl methyl sites for hydroxylation is 2. The minimum Gasteiger partial charge on any atom is -0.334 e. The van der Waals surface area contributed by atoms with Gasteiger partial charge in [-0.15, -0.1) is 0 Å². The van der Waals surface area contributed by atoms with E-state index in [-0.39, 0.29) is 5.91 Å². The van der Waals surface area contributed by atoms with E-state index in [1.807, 2.05) is 62.4 Å². The summed E-state index contributed by atoms with van der Waals surface area (Å²) in [6.45, 7) is 3.89. The van der Waals surface area contributed by atoms with Gasteiger partial charge >= 0.3 is 0 Å². The molecule has 0 radical (unpaired) electrons. The molecule has 0 aliphatic carbocycles. The molecule has 0 aliphatic heterocycles. The number of hydrogen-bond acceptors (Lipinski definition) is 4. The molecule has 2 aromatic carbocycles. The fourth-order valence-corrected chi connectivity index (χ4v) is 2.24. The van der Waals surface area contributed by atoms with E-state index >= 15 is 0 Å². The summed E-state index contributed by atoms with van der Waals surface area (Å²) in [7, 11) is 0. The Morgan fingerprint density at radius 3 is 2.52 bits per heavy atom. The summed E-state index contributed by atoms with van der Waals surface area (Å²) in [4.78, 5) is 16.6. The number of rotatable bonds is 4. The molecule has 5 heteroatoms. The quantitative estimate of drug-likeness (QED) is 0.794. The van der Waals surface area contributed by atoms with Gasteiger partial charge in [0.1, 0.15) is 0 Å². The van der Waals surface area contributed by atoms with Gasteiger partial charge in [-0.25, -0.2) is 0 Å². The van der Waals surface area contributed by atoms with Crippen LogP contribution in [0.15, 0.2) is 53.1 Å². The van der Waals surface area contributed by atoms with Gasteiger partial charge in [-0.2, -0.15) is 4.98 Å². The van der Waals surface area contributed by atoms with Crippen LogP contribution in [0.5, 0.6) is 0 Å². The first-order chi connectivity index (χ1) is 11.2. The van der Waals surface area contributed by atoms with Crippen LogP contribution in [-0.4, -0.2) is 16.0 Å². The zero-order chi connectivity index (χ0) is 16.2. The van der Waals surface area contributed by atoms with E-state index in [1.54, 1.807) is 0 Å². The molecule has 0 spiro atoms. The van der Waals surface area contributed by atoms with Crippen molar-refractivity contribution in [3.05, 3.63) is 65.5 Å². The van der Waals surface area contributed by atoms with Crippen LogP contribution in [0.2, 0.25) is 0 Å². The molecule has 1 amide bonds. The third kappa shape index (κ3) is 3.29. The number of nitrogens with one attached hydrogen (secondary N) is 1. The Bertz CT molecular complexity index is 822. The molecule has 23 heavy (non-hydrogen) atoms. The van der Waals surface area contributed by atoms with Gasteiger partial charge in [0, 0.05) is 23.2 Å². The molecule has 0 unspecified atom stereocenters. The minimum atomic E-state index is -0.123. The molecule has 3 rings (SSSR count). The van der Waals surface area contributed by atoms with Crippen LogP contribution in [0.3, 0.4) is 0 Å². The average molecular weight is 307 g/mol. The molecule has 0 saturated carbocycles. The first-order valence-corrected chi connectivity index (χ1v) is 7.47. The first kappa shape index (κ1) is 15.0. The smallest absolute Gasteiger partial charge is 0.257 e. The molecule has 1 aromatic heterocycles. The Labute approximate surface area is 134 Å². The lowest BCUT2D eigenvalue weighted by Gasteiger charge is -2.07. The van der Waals surface area contributed by atoms with Crippen molar-refractivity contribution < 1.29 is 9.32 Å². The predicted octanol–water partition coefficient (Wildman–Crippen LogP) is 3.86. The summed E-state index contributed by atoms with van der Waals surface area (Å²) in [6.07, 6.45) is 0.730. The number of hydrogen-bond donors (Lipinski definition) is 1. The van der Waals surface area contributed by atoms with Crippen molar-refractivity contribution in [3.63, 3.8) is 0 Å². The summed E-state index contributed by atoms with van der Waals surface area (Å²) in [5.74, 6) is 1.04. The van der Waals surface area contributed by atoms with Gasteiger partial charge in [-0.3, -0.25) is 4.79 Å². The van der Waals surface area contributed by atoms with Gasteiger partial charge in [-0.05, 0) is 42.8 Å². The minimum absolute atomic E-state index is 0.123. The van der Waals surface area contributed by atoms with Crippen molar-refractivity contribution in [2.45, 2.75) is 20.3 Å². The topological polar surface area (TPSA) is 68.0 Å². The van der Waals surface area contributed by atoms with Gasteiger partial charge in [-0.1, -0.05) is 30.3 Å². The van der Waals surface area contributed by atoms with Crippen molar-refractivity contribution in [2.75, 3.05) is 5.32 Å². The monoisotopic (exact) mass is 307 g/mol. The average Bonchev–Trinajstić information content (AvgIpc) is 3.05. The molecule has 116 valence electrons. The van der Waals surface area contributed by atoms with E-state index in [9.17, 15) is 4.79 Å². The molecular weight excluding hydrogens is 290 g/mol. The van der Waals surface area contributed by atoms with Crippen LogP contribution in [-0.2, 0) is 6.42 Å². The van der Waals surface area contributed by atoms with E-state index in [1.165, 1.54) is 0 Å². The van der Waals surface area contributed by atoms with Crippen LogP contribution in [0.1, 0.15) is 28.7 Å². The van der Waals surface area contributed by atoms with Crippen LogP contribution in [0.25, 0.3) is 11.5 Å². The summed E-state index contributed by atoms with van der Waals surface area (Å²) in [5, 5.41) is 6.76. The van der Waals surface area contributed by atoms with Crippen molar-refractivity contribution in [2.24, 2.45) is 0 Å². The number of benzene rings is 2. The Morgan fingerprint density at radius 1 is 1.13 bits per heavy atom. The maximum absolute atomic E-state index is 12.3. The van der Waals surface area contributed by atoms with Gasteiger partial charge in [0.15, 0.2) is 5.82 Å². The SMILES string of the molecule is CCc1noc(-c2ccc(NC(=O)c3ccccc3C)cc2)n1. The fraction of sp³-hybridized carbons (Fsp3) is 0.167. The normalized spacial score (nSPS) is 10.5. The Hall–Kier alpha value is -2.95. The van der Waals surface area contributed by atoms with Crippen LogP contribution < -0.4 is 5.32 Å². The van der Waals surface area contributed by atoms with E-state index in [0.717, 1.165) is 23.2 Å². The molecule has 0 aliphatic rings. The number of anilines is 1. The standard InChI is InChI=1S/C18H17N3O2/c1-3-16-20-18(23-21-16)13-8-10-14(11-9-13)19-17(22)15-7-5-4-6-12(15)2/h4-11H,3H2,1-2H3,(H,19,22). The number of nitrogens with zero attached hydrogens (tertiary/aromatic N) is 2. The maximum atomic E-state index is 12.3. The lowest BCUT2D eigenvalue weighted by atomic mass is 10.1. The second kappa shape index (κ2) is 6.44. The number of aromatic nitrogens is 2. The maximum Gasteiger partial charge on any atom is 0.257 e. The van der Waals surface area contributed by atoms with Crippen LogP contribution >= 0.6 is 0 Å². The molecule has 0 bridgehead atoms. The molecule has 3 aromatic rings. The van der Waals surface area contributed by atoms with Crippen molar-refractivity contribution in [1.82, 2.24) is 10.1 Å². The van der Waals surface area contributed by atoms with Crippen LogP contribution in [0.4, 0.5) is 5.69 Å². The first-order valence-electron chi connectivity index (χ1n) is 7.47. The highest BCUT2D eigenvalue weighted by atomic mass is 16.5. The second-order valence-electron chi connectivity index (χ2n) is 5.22. The molecule has 1 N–H and O–H groups in total. The largest absolute Gasteiger partial charge is 0.334 e. The van der Waals surface area contributed by atoms with E-state index in [0.29, 0.717) is 17.3 Å².